The number of methoxy groups -OCH3 is 1. The van der Waals surface area contributed by atoms with E-state index in [4.69, 9.17) is 9.47 Å². The van der Waals surface area contributed by atoms with Crippen molar-refractivity contribution in [3.05, 3.63) is 54.6 Å². The Labute approximate surface area is 130 Å². The first-order chi connectivity index (χ1) is 10.8. The molecule has 0 N–H and O–H groups in total. The van der Waals surface area contributed by atoms with Crippen LogP contribution in [0.3, 0.4) is 0 Å². The molecule has 2 aromatic carbocycles. The SMILES string of the molecule is COc1cccc(N(C(=O)C2CCCO2)c2ccccc2)c1. The minimum absolute atomic E-state index is 0.0306. The van der Waals surface area contributed by atoms with Gasteiger partial charge in [0.25, 0.3) is 5.91 Å². The number of carbonyl (C=O) groups is 1. The molecule has 0 bridgehead atoms. The van der Waals surface area contributed by atoms with Crippen molar-refractivity contribution in [1.82, 2.24) is 0 Å². The number of nitrogens with zero attached hydrogens (tertiary/aromatic N) is 1. The summed E-state index contributed by atoms with van der Waals surface area (Å²) >= 11 is 0. The number of benzene rings is 2. The summed E-state index contributed by atoms with van der Waals surface area (Å²) in [6.45, 7) is 0.650. The number of carbonyl (C=O) groups excluding carboxylic acids is 1. The Balaban J connectivity index is 2.00. The lowest BCUT2D eigenvalue weighted by Crippen LogP contribution is -2.35. The van der Waals surface area contributed by atoms with E-state index >= 15 is 0 Å². The standard InChI is InChI=1S/C18H19NO3/c1-21-16-10-5-9-15(13-16)19(14-7-3-2-4-8-14)18(20)17-11-6-12-22-17/h2-5,7-10,13,17H,6,11-12H2,1H3. The molecule has 1 aliphatic rings. The Kier molecular flexibility index (Phi) is 4.39. The van der Waals surface area contributed by atoms with Crippen LogP contribution in [0.2, 0.25) is 0 Å². The van der Waals surface area contributed by atoms with Crippen molar-refractivity contribution >= 4 is 17.3 Å². The molecule has 114 valence electrons. The molecule has 0 aromatic heterocycles. The van der Waals surface area contributed by atoms with Crippen LogP contribution in [-0.2, 0) is 9.53 Å². The fraction of sp³-hybridized carbons (Fsp3) is 0.278. The Morgan fingerprint density at radius 2 is 1.91 bits per heavy atom. The van der Waals surface area contributed by atoms with Gasteiger partial charge in [0.1, 0.15) is 11.9 Å². The molecule has 3 rings (SSSR count). The molecule has 4 nitrogen and oxygen atoms in total. The summed E-state index contributed by atoms with van der Waals surface area (Å²) in [6, 6.07) is 17.1. The molecule has 1 heterocycles. The number of hydrogen-bond acceptors (Lipinski definition) is 3. The third kappa shape index (κ3) is 2.97. The highest BCUT2D eigenvalue weighted by Gasteiger charge is 2.30. The Hall–Kier alpha value is -2.33. The second-order valence-electron chi connectivity index (χ2n) is 5.21. The van der Waals surface area contributed by atoms with Gasteiger partial charge in [-0.2, -0.15) is 0 Å². The molecule has 1 atom stereocenters. The zero-order valence-electron chi connectivity index (χ0n) is 12.6. The van der Waals surface area contributed by atoms with E-state index in [0.717, 1.165) is 30.0 Å². The topological polar surface area (TPSA) is 38.8 Å². The molecule has 4 heteroatoms. The largest absolute Gasteiger partial charge is 0.497 e. The van der Waals surface area contributed by atoms with E-state index in [9.17, 15) is 4.79 Å². The molecule has 1 amide bonds. The maximum atomic E-state index is 12.9. The summed E-state index contributed by atoms with van der Waals surface area (Å²) < 4.78 is 10.8. The smallest absolute Gasteiger partial charge is 0.260 e. The maximum absolute atomic E-state index is 12.9. The van der Waals surface area contributed by atoms with Crippen LogP contribution in [0.25, 0.3) is 0 Å². The monoisotopic (exact) mass is 297 g/mol. The van der Waals surface area contributed by atoms with Gasteiger partial charge in [0.05, 0.1) is 12.8 Å². The number of anilines is 2. The van der Waals surface area contributed by atoms with Gasteiger partial charge >= 0.3 is 0 Å². The molecule has 1 fully saturated rings. The Bertz CT molecular complexity index is 636. The van der Waals surface area contributed by atoms with E-state index in [-0.39, 0.29) is 12.0 Å². The van der Waals surface area contributed by atoms with Crippen molar-refractivity contribution in [2.45, 2.75) is 18.9 Å². The van der Waals surface area contributed by atoms with E-state index in [1.807, 2.05) is 54.6 Å². The van der Waals surface area contributed by atoms with Crippen molar-refractivity contribution in [1.29, 1.82) is 0 Å². The van der Waals surface area contributed by atoms with Gasteiger partial charge < -0.3 is 9.47 Å². The van der Waals surface area contributed by atoms with E-state index < -0.39 is 0 Å². The summed E-state index contributed by atoms with van der Waals surface area (Å²) in [4.78, 5) is 14.6. The molecule has 1 unspecified atom stereocenters. The lowest BCUT2D eigenvalue weighted by atomic mass is 10.1. The van der Waals surface area contributed by atoms with Gasteiger partial charge in [-0.15, -0.1) is 0 Å². The molecule has 0 aliphatic carbocycles. The number of ether oxygens (including phenoxy) is 2. The van der Waals surface area contributed by atoms with Crippen molar-refractivity contribution in [2.24, 2.45) is 0 Å². The summed E-state index contributed by atoms with van der Waals surface area (Å²) in [5.74, 6) is 0.690. The van der Waals surface area contributed by atoms with E-state index in [0.29, 0.717) is 6.61 Å². The van der Waals surface area contributed by atoms with Gasteiger partial charge in [-0.3, -0.25) is 9.69 Å². The number of para-hydroxylation sites is 1. The molecule has 1 saturated heterocycles. The molecule has 1 aliphatic heterocycles. The van der Waals surface area contributed by atoms with Gasteiger partial charge in [0.2, 0.25) is 0 Å². The van der Waals surface area contributed by atoms with Crippen LogP contribution in [0, 0.1) is 0 Å². The fourth-order valence-corrected chi connectivity index (χ4v) is 2.65. The van der Waals surface area contributed by atoms with Gasteiger partial charge in [-0.1, -0.05) is 24.3 Å². The van der Waals surface area contributed by atoms with Gasteiger partial charge in [-0.05, 0) is 37.1 Å². The summed E-state index contributed by atoms with van der Waals surface area (Å²) in [6.07, 6.45) is 1.33. The summed E-state index contributed by atoms with van der Waals surface area (Å²) in [7, 11) is 1.62. The predicted molar refractivity (Wildman–Crippen MR) is 85.6 cm³/mol. The van der Waals surface area contributed by atoms with Crippen molar-refractivity contribution in [3.63, 3.8) is 0 Å². The normalized spacial score (nSPS) is 17.2. The average Bonchev–Trinajstić information content (AvgIpc) is 3.11. The number of hydrogen-bond donors (Lipinski definition) is 0. The molecule has 0 radical (unpaired) electrons. The molecule has 0 spiro atoms. The summed E-state index contributed by atoms with van der Waals surface area (Å²) in [5.41, 5.74) is 1.61. The number of amides is 1. The number of rotatable bonds is 4. The van der Waals surface area contributed by atoms with Crippen molar-refractivity contribution in [3.8, 4) is 5.75 Å². The van der Waals surface area contributed by atoms with Gasteiger partial charge in [-0.25, -0.2) is 0 Å². The van der Waals surface area contributed by atoms with Crippen LogP contribution in [0.5, 0.6) is 5.75 Å². The second kappa shape index (κ2) is 6.62. The third-order valence-corrected chi connectivity index (χ3v) is 3.75. The van der Waals surface area contributed by atoms with Gasteiger partial charge in [0, 0.05) is 18.4 Å². The Morgan fingerprint density at radius 1 is 1.14 bits per heavy atom. The predicted octanol–water partition coefficient (Wildman–Crippen LogP) is 3.54. The maximum Gasteiger partial charge on any atom is 0.260 e. The molecular formula is C18H19NO3. The summed E-state index contributed by atoms with van der Waals surface area (Å²) in [5, 5.41) is 0. The highest BCUT2D eigenvalue weighted by atomic mass is 16.5. The van der Waals surface area contributed by atoms with E-state index in [2.05, 4.69) is 0 Å². The van der Waals surface area contributed by atoms with Crippen LogP contribution >= 0.6 is 0 Å². The molecule has 2 aromatic rings. The van der Waals surface area contributed by atoms with Crippen LogP contribution in [0.1, 0.15) is 12.8 Å². The van der Waals surface area contributed by atoms with E-state index in [1.165, 1.54) is 0 Å². The minimum atomic E-state index is -0.369. The van der Waals surface area contributed by atoms with Crippen LogP contribution in [0.4, 0.5) is 11.4 Å². The fourth-order valence-electron chi connectivity index (χ4n) is 2.65. The van der Waals surface area contributed by atoms with Crippen molar-refractivity contribution < 1.29 is 14.3 Å². The first-order valence-electron chi connectivity index (χ1n) is 7.44. The minimum Gasteiger partial charge on any atom is -0.497 e. The van der Waals surface area contributed by atoms with Crippen LogP contribution in [-0.4, -0.2) is 25.7 Å². The van der Waals surface area contributed by atoms with Crippen LogP contribution < -0.4 is 9.64 Å². The average molecular weight is 297 g/mol. The lowest BCUT2D eigenvalue weighted by Gasteiger charge is -2.26. The quantitative estimate of drug-likeness (QED) is 0.866. The second-order valence-corrected chi connectivity index (χ2v) is 5.21. The molecular weight excluding hydrogens is 278 g/mol. The zero-order chi connectivity index (χ0) is 15.4. The highest BCUT2D eigenvalue weighted by molar-refractivity contribution is 6.03. The van der Waals surface area contributed by atoms with Crippen LogP contribution in [0.15, 0.2) is 54.6 Å². The van der Waals surface area contributed by atoms with Crippen molar-refractivity contribution in [2.75, 3.05) is 18.6 Å². The lowest BCUT2D eigenvalue weighted by molar-refractivity contribution is -0.126. The zero-order valence-corrected chi connectivity index (χ0v) is 12.6. The highest BCUT2D eigenvalue weighted by Crippen LogP contribution is 2.30. The first-order valence-corrected chi connectivity index (χ1v) is 7.44. The Morgan fingerprint density at radius 3 is 2.59 bits per heavy atom. The first kappa shape index (κ1) is 14.6. The molecule has 0 saturated carbocycles. The van der Waals surface area contributed by atoms with E-state index in [1.54, 1.807) is 12.0 Å². The van der Waals surface area contributed by atoms with Gasteiger partial charge in [0.15, 0.2) is 0 Å². The molecule has 22 heavy (non-hydrogen) atoms. The third-order valence-electron chi connectivity index (χ3n) is 3.75.